The highest BCUT2D eigenvalue weighted by Gasteiger charge is 2.33. The largest absolute Gasteiger partial charge is 0.394 e. The van der Waals surface area contributed by atoms with Crippen LogP contribution in [0.1, 0.15) is 52.4 Å². The minimum atomic E-state index is -0.208. The van der Waals surface area contributed by atoms with Crippen molar-refractivity contribution in [2.75, 3.05) is 6.61 Å². The van der Waals surface area contributed by atoms with E-state index in [1.807, 2.05) is 6.92 Å². The summed E-state index contributed by atoms with van der Waals surface area (Å²) in [5, 5.41) is 11.8. The highest BCUT2D eigenvalue weighted by Crippen LogP contribution is 2.34. The standard InChI is InChI=1S/C12H23NO2/c1-10(9-14)13-11(15)12(2)7-5-3-4-6-8-12/h10,14H,3-9H2,1-2H3,(H,13,15). The molecule has 2 N–H and O–H groups in total. The summed E-state index contributed by atoms with van der Waals surface area (Å²) in [6, 6.07) is -0.127. The van der Waals surface area contributed by atoms with E-state index in [9.17, 15) is 4.79 Å². The van der Waals surface area contributed by atoms with E-state index in [0.717, 1.165) is 25.7 Å². The van der Waals surface area contributed by atoms with E-state index in [2.05, 4.69) is 12.2 Å². The lowest BCUT2D eigenvalue weighted by molar-refractivity contribution is -0.131. The van der Waals surface area contributed by atoms with E-state index in [4.69, 9.17) is 5.11 Å². The summed E-state index contributed by atoms with van der Waals surface area (Å²) in [5.41, 5.74) is -0.208. The van der Waals surface area contributed by atoms with Crippen molar-refractivity contribution in [2.24, 2.45) is 5.41 Å². The van der Waals surface area contributed by atoms with Crippen molar-refractivity contribution in [3.8, 4) is 0 Å². The van der Waals surface area contributed by atoms with Gasteiger partial charge in [0.1, 0.15) is 0 Å². The van der Waals surface area contributed by atoms with E-state index in [1.165, 1.54) is 12.8 Å². The van der Waals surface area contributed by atoms with Crippen molar-refractivity contribution in [2.45, 2.75) is 58.4 Å². The third-order valence-corrected chi connectivity index (χ3v) is 3.41. The van der Waals surface area contributed by atoms with Crippen LogP contribution in [-0.2, 0) is 4.79 Å². The van der Waals surface area contributed by atoms with Gasteiger partial charge in [0.15, 0.2) is 0 Å². The maximum atomic E-state index is 12.0. The molecule has 0 heterocycles. The van der Waals surface area contributed by atoms with Gasteiger partial charge in [-0.05, 0) is 19.8 Å². The second-order valence-corrected chi connectivity index (χ2v) is 5.03. The molecule has 0 saturated heterocycles. The van der Waals surface area contributed by atoms with Gasteiger partial charge in [0.05, 0.1) is 6.61 Å². The normalized spacial score (nSPS) is 22.9. The summed E-state index contributed by atoms with van der Waals surface area (Å²) in [6.07, 6.45) is 6.76. The Morgan fingerprint density at radius 1 is 1.33 bits per heavy atom. The number of aliphatic hydroxyl groups excluding tert-OH is 1. The van der Waals surface area contributed by atoms with E-state index in [0.29, 0.717) is 0 Å². The van der Waals surface area contributed by atoms with E-state index in [1.54, 1.807) is 0 Å². The molecular formula is C12H23NO2. The molecule has 1 rings (SSSR count). The minimum absolute atomic E-state index is 0.0157. The van der Waals surface area contributed by atoms with Crippen LogP contribution in [0.25, 0.3) is 0 Å². The zero-order valence-electron chi connectivity index (χ0n) is 9.88. The SMILES string of the molecule is CC(CO)NC(=O)C1(C)CCCCCC1. The summed E-state index contributed by atoms with van der Waals surface area (Å²) in [7, 11) is 0. The zero-order valence-corrected chi connectivity index (χ0v) is 9.88. The molecule has 1 atom stereocenters. The molecule has 88 valence electrons. The van der Waals surface area contributed by atoms with Crippen molar-refractivity contribution >= 4 is 5.91 Å². The molecule has 0 aliphatic heterocycles. The number of carbonyl (C=O) groups excluding carboxylic acids is 1. The predicted octanol–water partition coefficient (Wildman–Crippen LogP) is 1.84. The lowest BCUT2D eigenvalue weighted by Crippen LogP contribution is -2.44. The molecular weight excluding hydrogens is 190 g/mol. The highest BCUT2D eigenvalue weighted by molar-refractivity contribution is 5.82. The maximum Gasteiger partial charge on any atom is 0.226 e. The van der Waals surface area contributed by atoms with Gasteiger partial charge in [-0.3, -0.25) is 4.79 Å². The van der Waals surface area contributed by atoms with Crippen LogP contribution in [0, 0.1) is 5.41 Å². The topological polar surface area (TPSA) is 49.3 Å². The number of nitrogens with one attached hydrogen (secondary N) is 1. The predicted molar refractivity (Wildman–Crippen MR) is 60.5 cm³/mol. The van der Waals surface area contributed by atoms with E-state index < -0.39 is 0 Å². The van der Waals surface area contributed by atoms with Crippen LogP contribution < -0.4 is 5.32 Å². The van der Waals surface area contributed by atoms with Crippen LogP contribution in [-0.4, -0.2) is 23.7 Å². The van der Waals surface area contributed by atoms with Gasteiger partial charge in [-0.15, -0.1) is 0 Å². The molecule has 0 aromatic rings. The molecule has 1 saturated carbocycles. The van der Waals surface area contributed by atoms with Crippen molar-refractivity contribution < 1.29 is 9.90 Å². The van der Waals surface area contributed by atoms with Crippen molar-refractivity contribution in [1.82, 2.24) is 5.32 Å². The Bertz CT molecular complexity index is 208. The molecule has 1 amide bonds. The van der Waals surface area contributed by atoms with Gasteiger partial charge in [0, 0.05) is 11.5 Å². The van der Waals surface area contributed by atoms with Gasteiger partial charge in [0.2, 0.25) is 5.91 Å². The quantitative estimate of drug-likeness (QED) is 0.703. The molecule has 0 radical (unpaired) electrons. The minimum Gasteiger partial charge on any atom is -0.394 e. The van der Waals surface area contributed by atoms with Crippen molar-refractivity contribution in [3.05, 3.63) is 0 Å². The third kappa shape index (κ3) is 3.49. The number of amides is 1. The van der Waals surface area contributed by atoms with Gasteiger partial charge in [-0.2, -0.15) is 0 Å². The fraction of sp³-hybridized carbons (Fsp3) is 0.917. The molecule has 0 spiro atoms. The van der Waals surface area contributed by atoms with Crippen molar-refractivity contribution in [3.63, 3.8) is 0 Å². The Balaban J connectivity index is 2.54. The second-order valence-electron chi connectivity index (χ2n) is 5.03. The first kappa shape index (κ1) is 12.5. The lowest BCUT2D eigenvalue weighted by atomic mass is 9.81. The molecule has 1 fully saturated rings. The van der Waals surface area contributed by atoms with Crippen LogP contribution in [0.4, 0.5) is 0 Å². The number of hydrogen-bond acceptors (Lipinski definition) is 2. The van der Waals surface area contributed by atoms with Gasteiger partial charge in [-0.1, -0.05) is 32.6 Å². The van der Waals surface area contributed by atoms with Crippen LogP contribution in [0.5, 0.6) is 0 Å². The van der Waals surface area contributed by atoms with Gasteiger partial charge in [0.25, 0.3) is 0 Å². The average molecular weight is 213 g/mol. The molecule has 3 nitrogen and oxygen atoms in total. The average Bonchev–Trinajstić information content (AvgIpc) is 2.44. The summed E-state index contributed by atoms with van der Waals surface area (Å²) < 4.78 is 0. The first-order valence-electron chi connectivity index (χ1n) is 6.00. The van der Waals surface area contributed by atoms with Crippen LogP contribution in [0.15, 0.2) is 0 Å². The summed E-state index contributed by atoms with van der Waals surface area (Å²) in [6.45, 7) is 3.90. The molecule has 1 aliphatic carbocycles. The summed E-state index contributed by atoms with van der Waals surface area (Å²) >= 11 is 0. The van der Waals surface area contributed by atoms with Crippen molar-refractivity contribution in [1.29, 1.82) is 0 Å². The monoisotopic (exact) mass is 213 g/mol. The second kappa shape index (κ2) is 5.50. The van der Waals surface area contributed by atoms with E-state index >= 15 is 0 Å². The smallest absolute Gasteiger partial charge is 0.226 e. The summed E-state index contributed by atoms with van der Waals surface area (Å²) in [4.78, 5) is 12.0. The fourth-order valence-electron chi connectivity index (χ4n) is 2.18. The molecule has 0 aromatic carbocycles. The number of hydrogen-bond donors (Lipinski definition) is 2. The highest BCUT2D eigenvalue weighted by atomic mass is 16.3. The van der Waals surface area contributed by atoms with Crippen LogP contribution in [0.3, 0.4) is 0 Å². The lowest BCUT2D eigenvalue weighted by Gasteiger charge is -2.28. The maximum absolute atomic E-state index is 12.0. The van der Waals surface area contributed by atoms with Crippen LogP contribution >= 0.6 is 0 Å². The zero-order chi connectivity index (χ0) is 11.3. The van der Waals surface area contributed by atoms with Gasteiger partial charge < -0.3 is 10.4 Å². The number of carbonyl (C=O) groups is 1. The molecule has 1 unspecified atom stereocenters. The number of rotatable bonds is 3. The molecule has 15 heavy (non-hydrogen) atoms. The molecule has 1 aliphatic rings. The Kier molecular flexibility index (Phi) is 4.58. The first-order valence-corrected chi connectivity index (χ1v) is 6.00. The first-order chi connectivity index (χ1) is 7.08. The van der Waals surface area contributed by atoms with E-state index in [-0.39, 0.29) is 24.0 Å². The molecule has 0 bridgehead atoms. The Labute approximate surface area is 92.3 Å². The Hall–Kier alpha value is -0.570. The van der Waals surface area contributed by atoms with Gasteiger partial charge in [-0.25, -0.2) is 0 Å². The third-order valence-electron chi connectivity index (χ3n) is 3.41. The Morgan fingerprint density at radius 3 is 2.33 bits per heavy atom. The summed E-state index contributed by atoms with van der Waals surface area (Å²) in [5.74, 6) is 0.117. The molecule has 3 heteroatoms. The molecule has 0 aromatic heterocycles. The van der Waals surface area contributed by atoms with Gasteiger partial charge >= 0.3 is 0 Å². The Morgan fingerprint density at radius 2 is 1.87 bits per heavy atom. The fourth-order valence-corrected chi connectivity index (χ4v) is 2.18. The van der Waals surface area contributed by atoms with Crippen LogP contribution in [0.2, 0.25) is 0 Å². The number of aliphatic hydroxyl groups is 1.